The first-order valence-corrected chi connectivity index (χ1v) is 14.7. The number of fused-ring (bicyclic) bond motifs is 2. The van der Waals surface area contributed by atoms with Crippen LogP contribution in [-0.2, 0) is 11.5 Å². The van der Waals surface area contributed by atoms with Crippen molar-refractivity contribution in [3.05, 3.63) is 60.9 Å². The third-order valence-electron chi connectivity index (χ3n) is 5.54. The highest BCUT2D eigenvalue weighted by Crippen LogP contribution is 2.30. The number of para-hydroxylation sites is 2. The van der Waals surface area contributed by atoms with Gasteiger partial charge in [-0.1, -0.05) is 18.2 Å². The molecular weight excluding hydrogens is 430 g/mol. The number of hydrogen-bond acceptors (Lipinski definition) is 6. The molecule has 169 valence electrons. The quantitative estimate of drug-likeness (QED) is 0.245. The fourth-order valence-electron chi connectivity index (χ4n) is 3.72. The monoisotopic (exact) mass is 457 g/mol. The molecule has 0 aliphatic carbocycles. The summed E-state index contributed by atoms with van der Waals surface area (Å²) in [5.74, 6) is 1.13. The number of pyridine rings is 1. The normalized spacial score (nSPS) is 12.1. The minimum atomic E-state index is -1.16. The van der Waals surface area contributed by atoms with E-state index in [4.69, 9.17) is 24.9 Å². The van der Waals surface area contributed by atoms with E-state index in [0.29, 0.717) is 29.7 Å². The van der Waals surface area contributed by atoms with Gasteiger partial charge in [0.25, 0.3) is 5.89 Å². The maximum Gasteiger partial charge on any atom is 0.264 e. The lowest BCUT2D eigenvalue weighted by molar-refractivity contribution is 0.0906. The Morgan fingerprint density at radius 2 is 1.82 bits per heavy atom. The molecule has 5 rings (SSSR count). The van der Waals surface area contributed by atoms with Gasteiger partial charge in [-0.05, 0) is 35.9 Å². The zero-order valence-electron chi connectivity index (χ0n) is 19.1. The largest absolute Gasteiger partial charge is 0.434 e. The Balaban J connectivity index is 1.51. The number of imidazole rings is 1. The van der Waals surface area contributed by atoms with E-state index in [2.05, 4.69) is 24.6 Å². The van der Waals surface area contributed by atoms with Crippen LogP contribution in [0.15, 0.2) is 65.3 Å². The lowest BCUT2D eigenvalue weighted by Crippen LogP contribution is -2.22. The van der Waals surface area contributed by atoms with Gasteiger partial charge in [-0.25, -0.2) is 9.97 Å². The zero-order chi connectivity index (χ0) is 23.0. The fourth-order valence-corrected chi connectivity index (χ4v) is 4.48. The topological polar surface area (TPSA) is 92.0 Å². The van der Waals surface area contributed by atoms with Crippen LogP contribution in [0.5, 0.6) is 0 Å². The highest BCUT2D eigenvalue weighted by molar-refractivity contribution is 6.76. The van der Waals surface area contributed by atoms with Crippen LogP contribution in [0.2, 0.25) is 25.7 Å². The summed E-state index contributed by atoms with van der Waals surface area (Å²) >= 11 is 0. The van der Waals surface area contributed by atoms with E-state index in [1.807, 2.05) is 53.1 Å². The summed E-state index contributed by atoms with van der Waals surface area (Å²) in [6.45, 7) is 8.18. The summed E-state index contributed by atoms with van der Waals surface area (Å²) in [4.78, 5) is 13.7. The third-order valence-corrected chi connectivity index (χ3v) is 7.25. The maximum atomic E-state index is 6.18. The van der Waals surface area contributed by atoms with Crippen LogP contribution in [0, 0.1) is 0 Å². The summed E-state index contributed by atoms with van der Waals surface area (Å²) in [5, 5.41) is 0. The Hall–Kier alpha value is -3.49. The summed E-state index contributed by atoms with van der Waals surface area (Å²) in [5.41, 5.74) is 11.7. The Morgan fingerprint density at radius 3 is 2.64 bits per heavy atom. The van der Waals surface area contributed by atoms with Crippen molar-refractivity contribution in [1.29, 1.82) is 0 Å². The van der Waals surface area contributed by atoms with E-state index in [1.54, 1.807) is 12.4 Å². The van der Waals surface area contributed by atoms with E-state index in [0.717, 1.165) is 40.3 Å². The van der Waals surface area contributed by atoms with Gasteiger partial charge in [-0.15, -0.1) is 14.1 Å². The predicted octanol–water partition coefficient (Wildman–Crippen LogP) is 5.80. The molecule has 0 spiro atoms. The summed E-state index contributed by atoms with van der Waals surface area (Å²) in [6, 6.07) is 16.9. The number of hydrogen-bond donors (Lipinski definition) is 1. The smallest absolute Gasteiger partial charge is 0.264 e. The molecule has 3 aromatic heterocycles. The van der Waals surface area contributed by atoms with Crippen molar-refractivity contribution in [3.63, 3.8) is 0 Å². The minimum absolute atomic E-state index is 0.402. The predicted molar refractivity (Wildman–Crippen MR) is 134 cm³/mol. The number of nitrogens with zero attached hydrogens (tertiary/aromatic N) is 4. The van der Waals surface area contributed by atoms with Crippen molar-refractivity contribution in [2.45, 2.75) is 32.4 Å². The van der Waals surface area contributed by atoms with E-state index in [9.17, 15) is 0 Å². The number of nitrogens with two attached hydrogens (primary N) is 1. The van der Waals surface area contributed by atoms with Crippen LogP contribution in [0.25, 0.3) is 45.0 Å². The number of anilines is 1. The number of ether oxygens (including phenoxy) is 1. The van der Waals surface area contributed by atoms with E-state index in [1.165, 1.54) is 0 Å². The molecule has 2 aromatic carbocycles. The molecule has 0 aliphatic rings. The van der Waals surface area contributed by atoms with Gasteiger partial charge in [0.05, 0.1) is 16.7 Å². The molecule has 0 unspecified atom stereocenters. The molecule has 33 heavy (non-hydrogen) atoms. The number of nitrogen functional groups attached to an aromatic ring is 1. The summed E-state index contributed by atoms with van der Waals surface area (Å²) < 4.78 is 14.3. The second-order valence-corrected chi connectivity index (χ2v) is 15.0. The minimum Gasteiger partial charge on any atom is -0.434 e. The lowest BCUT2D eigenvalue weighted by atomic mass is 10.1. The van der Waals surface area contributed by atoms with Crippen LogP contribution < -0.4 is 5.73 Å². The van der Waals surface area contributed by atoms with Crippen LogP contribution in [-0.4, -0.2) is 34.2 Å². The molecule has 0 radical (unpaired) electrons. The molecule has 2 N–H and O–H groups in total. The first kappa shape index (κ1) is 21.4. The highest BCUT2D eigenvalue weighted by atomic mass is 28.3. The highest BCUT2D eigenvalue weighted by Gasteiger charge is 2.18. The van der Waals surface area contributed by atoms with Gasteiger partial charge in [0.15, 0.2) is 11.4 Å². The average molecular weight is 458 g/mol. The van der Waals surface area contributed by atoms with Crippen molar-refractivity contribution in [2.75, 3.05) is 12.3 Å². The first-order valence-electron chi connectivity index (χ1n) is 11.0. The Bertz CT molecular complexity index is 1430. The maximum absolute atomic E-state index is 6.18. The van der Waals surface area contributed by atoms with Crippen molar-refractivity contribution < 1.29 is 9.15 Å². The number of oxazole rings is 1. The molecule has 7 nitrogen and oxygen atoms in total. The SMILES string of the molecule is C[Si-](C)(C)CCOCn1c(-c2nc3ccc(-c4cncc(N)c4)cc3o2)nc2ccccc21. The second kappa shape index (κ2) is 8.46. The van der Waals surface area contributed by atoms with Crippen molar-refractivity contribution >= 4 is 35.9 Å². The standard InChI is InChI=1S/C25H27N5O2Si/c1-33(2,3)11-10-31-16-30-22-7-5-4-6-20(22)28-24(30)25-29-21-9-8-17(13-23(21)32-25)18-12-19(26)15-27-14-18/h4-9,12-15H,10-11,16,26H2,1-3H3/q-1. The molecule has 0 bridgehead atoms. The molecule has 0 aliphatic heterocycles. The van der Waals surface area contributed by atoms with Gasteiger partial charge in [0.1, 0.15) is 12.2 Å². The van der Waals surface area contributed by atoms with Gasteiger partial charge >= 0.3 is 0 Å². The molecule has 0 fully saturated rings. The van der Waals surface area contributed by atoms with E-state index in [-0.39, 0.29) is 0 Å². The Morgan fingerprint density at radius 1 is 0.970 bits per heavy atom. The van der Waals surface area contributed by atoms with E-state index < -0.39 is 8.07 Å². The zero-order valence-corrected chi connectivity index (χ0v) is 20.1. The number of rotatable bonds is 7. The van der Waals surface area contributed by atoms with Gasteiger partial charge < -0.3 is 14.9 Å². The van der Waals surface area contributed by atoms with Gasteiger partial charge in [-0.3, -0.25) is 9.55 Å². The molecule has 0 atom stereocenters. The van der Waals surface area contributed by atoms with Gasteiger partial charge in [0, 0.05) is 24.6 Å². The van der Waals surface area contributed by atoms with Crippen molar-refractivity contribution in [1.82, 2.24) is 19.5 Å². The second-order valence-electron chi connectivity index (χ2n) is 9.41. The summed E-state index contributed by atoms with van der Waals surface area (Å²) in [6.07, 6.45) is 3.41. The van der Waals surface area contributed by atoms with Gasteiger partial charge in [-0.2, -0.15) is 19.6 Å². The third kappa shape index (κ3) is 4.53. The molecular formula is C25H27N5O2Si-. The van der Waals surface area contributed by atoms with Gasteiger partial charge in [0.2, 0.25) is 0 Å². The molecule has 0 amide bonds. The van der Waals surface area contributed by atoms with Crippen LogP contribution in [0.4, 0.5) is 5.69 Å². The number of aromatic nitrogens is 4. The molecule has 5 aromatic rings. The lowest BCUT2D eigenvalue weighted by Gasteiger charge is -2.26. The van der Waals surface area contributed by atoms with Crippen LogP contribution >= 0.6 is 0 Å². The van der Waals surface area contributed by atoms with Crippen LogP contribution in [0.1, 0.15) is 0 Å². The number of benzene rings is 2. The fraction of sp³-hybridized carbons (Fsp3) is 0.240. The van der Waals surface area contributed by atoms with Crippen molar-refractivity contribution in [3.8, 4) is 22.8 Å². The Kier molecular flexibility index (Phi) is 5.47. The molecule has 0 saturated carbocycles. The van der Waals surface area contributed by atoms with Crippen LogP contribution in [0.3, 0.4) is 0 Å². The van der Waals surface area contributed by atoms with E-state index >= 15 is 0 Å². The molecule has 3 heterocycles. The average Bonchev–Trinajstić information content (AvgIpc) is 3.37. The molecule has 0 saturated heterocycles. The Labute approximate surface area is 193 Å². The molecule has 8 heteroatoms. The summed E-state index contributed by atoms with van der Waals surface area (Å²) in [7, 11) is -1.16. The van der Waals surface area contributed by atoms with Crippen molar-refractivity contribution in [2.24, 2.45) is 0 Å². The first-order chi connectivity index (χ1) is 15.9.